The van der Waals surface area contributed by atoms with Crippen LogP contribution in [0.2, 0.25) is 0 Å². The smallest absolute Gasteiger partial charge is 0.255 e. The second kappa shape index (κ2) is 9.50. The maximum Gasteiger partial charge on any atom is 0.255 e. The molecule has 3 aliphatic carbocycles. The van der Waals surface area contributed by atoms with Crippen LogP contribution in [0.3, 0.4) is 0 Å². The number of aliphatic hydroxyl groups is 1. The van der Waals surface area contributed by atoms with Crippen molar-refractivity contribution in [1.29, 1.82) is 0 Å². The fourth-order valence-corrected chi connectivity index (χ4v) is 5.92. The molecule has 4 rings (SSSR count). The zero-order valence-electron chi connectivity index (χ0n) is 20.1. The average molecular weight is 502 g/mol. The molecule has 1 aromatic carbocycles. The van der Waals surface area contributed by atoms with Crippen LogP contribution in [0.15, 0.2) is 41.2 Å². The summed E-state index contributed by atoms with van der Waals surface area (Å²) in [5.41, 5.74) is 7.30. The van der Waals surface area contributed by atoms with Crippen molar-refractivity contribution in [2.75, 3.05) is 25.5 Å². The number of aromatic hydroxyl groups is 1. The molecule has 0 spiro atoms. The lowest BCUT2D eigenvalue weighted by Crippen LogP contribution is -2.43. The second-order valence-electron chi connectivity index (χ2n) is 9.70. The number of carbonyl (C=O) groups excluding carboxylic acids is 3. The molecule has 3 unspecified atom stereocenters. The van der Waals surface area contributed by atoms with Crippen molar-refractivity contribution in [2.24, 2.45) is 23.5 Å². The Morgan fingerprint density at radius 2 is 2.00 bits per heavy atom. The van der Waals surface area contributed by atoms with Crippen LogP contribution in [-0.2, 0) is 22.6 Å². The lowest BCUT2D eigenvalue weighted by molar-refractivity contribution is -0.125. The molecule has 10 heteroatoms. The van der Waals surface area contributed by atoms with Crippen LogP contribution in [0.4, 0.5) is 14.5 Å². The Balaban J connectivity index is 1.85. The number of aliphatic hydroxyl groups excluding tert-OH is 1. The number of rotatable bonds is 7. The molecule has 8 nitrogen and oxygen atoms in total. The number of amides is 1. The number of phenols is 1. The molecular formula is C26H29F2N3O5. The number of ketones is 2. The molecule has 36 heavy (non-hydrogen) atoms. The Morgan fingerprint density at radius 3 is 2.58 bits per heavy atom. The number of phenolic OH excluding ortho intramolecular Hbond substituents is 1. The van der Waals surface area contributed by atoms with Crippen LogP contribution in [-0.4, -0.2) is 54.8 Å². The van der Waals surface area contributed by atoms with Gasteiger partial charge in [-0.05, 0) is 41.9 Å². The minimum Gasteiger partial charge on any atom is -0.511 e. The first-order valence-electron chi connectivity index (χ1n) is 11.7. The number of primary amides is 1. The van der Waals surface area contributed by atoms with Gasteiger partial charge in [0.15, 0.2) is 11.6 Å². The number of fused-ring (bicyclic) bond motifs is 3. The van der Waals surface area contributed by atoms with Crippen LogP contribution in [0.5, 0.6) is 5.75 Å². The summed E-state index contributed by atoms with van der Waals surface area (Å²) in [5.74, 6) is -4.25. The monoisotopic (exact) mass is 501 g/mol. The molecule has 0 saturated heterocycles. The summed E-state index contributed by atoms with van der Waals surface area (Å²) in [7, 11) is 3.58. The first-order valence-corrected chi connectivity index (χ1v) is 11.7. The topological polar surface area (TPSA) is 133 Å². The highest BCUT2D eigenvalue weighted by Gasteiger charge is 2.49. The minimum atomic E-state index is -2.57. The molecule has 1 aromatic rings. The SMILES string of the molecule is C=CC1=C2C(=O)c3c(O)c(CNCC(F)F)cc(N(C)C)c3CC2CC2CC(O)=C(C(N)=O)C(=O)C12. The van der Waals surface area contributed by atoms with Gasteiger partial charge in [0.2, 0.25) is 0 Å². The van der Waals surface area contributed by atoms with Crippen molar-refractivity contribution in [3.8, 4) is 5.75 Å². The van der Waals surface area contributed by atoms with Crippen LogP contribution in [0.25, 0.3) is 0 Å². The van der Waals surface area contributed by atoms with E-state index in [2.05, 4.69) is 11.9 Å². The number of benzene rings is 1. The van der Waals surface area contributed by atoms with E-state index in [-0.39, 0.29) is 41.9 Å². The molecule has 3 aliphatic rings. The number of anilines is 1. The van der Waals surface area contributed by atoms with E-state index in [9.17, 15) is 33.4 Å². The third-order valence-electron chi connectivity index (χ3n) is 7.33. The highest BCUT2D eigenvalue weighted by atomic mass is 19.3. The lowest BCUT2D eigenvalue weighted by atomic mass is 9.60. The summed E-state index contributed by atoms with van der Waals surface area (Å²) in [6, 6.07) is 1.69. The lowest BCUT2D eigenvalue weighted by Gasteiger charge is -2.42. The summed E-state index contributed by atoms with van der Waals surface area (Å²) in [4.78, 5) is 40.8. The van der Waals surface area contributed by atoms with Crippen molar-refractivity contribution >= 4 is 23.2 Å². The van der Waals surface area contributed by atoms with E-state index in [0.29, 0.717) is 40.8 Å². The maximum atomic E-state index is 13.9. The molecule has 0 aliphatic heterocycles. The Kier molecular flexibility index (Phi) is 6.74. The van der Waals surface area contributed by atoms with Crippen molar-refractivity contribution in [3.63, 3.8) is 0 Å². The van der Waals surface area contributed by atoms with Gasteiger partial charge in [-0.15, -0.1) is 0 Å². The van der Waals surface area contributed by atoms with Gasteiger partial charge in [0.25, 0.3) is 12.3 Å². The number of nitrogens with two attached hydrogens (primary N) is 1. The molecule has 0 fully saturated rings. The van der Waals surface area contributed by atoms with E-state index < -0.39 is 41.9 Å². The standard InChI is InChI=1S/C26H29F2N3O5/c1-4-14-19-11(5-12-8-17(32)22(26(29)36)25(35)20(12)14)6-15-16(31(2)3)7-13(9-30-10-18(27)28)23(33)21(15)24(19)34/h4,7,11-12,18,20,30,32-33H,1,5-6,8-10H2,2-3H3,(H2,29,36). The number of nitrogens with one attached hydrogen (secondary N) is 1. The molecule has 3 atom stereocenters. The minimum absolute atomic E-state index is 0.0659. The largest absolute Gasteiger partial charge is 0.511 e. The van der Waals surface area contributed by atoms with Crippen molar-refractivity contribution in [3.05, 3.63) is 57.9 Å². The fraction of sp³-hybridized carbons (Fsp3) is 0.423. The number of allylic oxidation sites excluding steroid dienone is 4. The summed E-state index contributed by atoms with van der Waals surface area (Å²) in [6.45, 7) is 3.18. The highest BCUT2D eigenvalue weighted by molar-refractivity contribution is 6.22. The molecule has 0 radical (unpaired) electrons. The highest BCUT2D eigenvalue weighted by Crippen LogP contribution is 2.52. The normalized spacial score (nSPS) is 23.4. The van der Waals surface area contributed by atoms with Gasteiger partial charge >= 0.3 is 0 Å². The molecular weight excluding hydrogens is 472 g/mol. The number of halogens is 2. The first kappa shape index (κ1) is 25.6. The Labute approximate surface area is 207 Å². The maximum absolute atomic E-state index is 13.9. The van der Waals surface area contributed by atoms with Gasteiger partial charge in [-0.25, -0.2) is 8.78 Å². The predicted molar refractivity (Wildman–Crippen MR) is 129 cm³/mol. The summed E-state index contributed by atoms with van der Waals surface area (Å²) >= 11 is 0. The molecule has 5 N–H and O–H groups in total. The van der Waals surface area contributed by atoms with Gasteiger partial charge in [-0.2, -0.15) is 0 Å². The van der Waals surface area contributed by atoms with Gasteiger partial charge < -0.3 is 26.2 Å². The molecule has 192 valence electrons. The Bertz CT molecular complexity index is 1230. The van der Waals surface area contributed by atoms with Crippen molar-refractivity contribution in [1.82, 2.24) is 5.32 Å². The van der Waals surface area contributed by atoms with E-state index in [1.54, 1.807) is 25.1 Å². The van der Waals surface area contributed by atoms with Gasteiger partial charge in [0, 0.05) is 43.9 Å². The number of alkyl halides is 2. The fourth-order valence-electron chi connectivity index (χ4n) is 5.92. The van der Waals surface area contributed by atoms with Gasteiger partial charge in [0.05, 0.1) is 18.0 Å². The summed E-state index contributed by atoms with van der Waals surface area (Å²) < 4.78 is 25.3. The molecule has 0 heterocycles. The first-order chi connectivity index (χ1) is 17.0. The molecule has 0 saturated carbocycles. The summed E-state index contributed by atoms with van der Waals surface area (Å²) in [6.07, 6.45) is -0.251. The Morgan fingerprint density at radius 1 is 1.31 bits per heavy atom. The van der Waals surface area contributed by atoms with E-state index in [0.717, 1.165) is 0 Å². The molecule has 0 aromatic heterocycles. The number of hydrogen-bond donors (Lipinski definition) is 4. The number of nitrogens with zero attached hydrogens (tertiary/aromatic N) is 1. The van der Waals surface area contributed by atoms with E-state index in [1.165, 1.54) is 6.08 Å². The number of Topliss-reactive ketones (excluding diaryl/α,β-unsaturated/α-hetero) is 2. The van der Waals surface area contributed by atoms with Crippen LogP contribution >= 0.6 is 0 Å². The average Bonchev–Trinajstić information content (AvgIpc) is 2.78. The van der Waals surface area contributed by atoms with E-state index in [4.69, 9.17) is 5.73 Å². The predicted octanol–water partition coefficient (Wildman–Crippen LogP) is 2.56. The van der Waals surface area contributed by atoms with Gasteiger partial charge in [-0.3, -0.25) is 14.4 Å². The van der Waals surface area contributed by atoms with Crippen LogP contribution in [0.1, 0.15) is 34.3 Å². The summed E-state index contributed by atoms with van der Waals surface area (Å²) in [5, 5.41) is 24.0. The van der Waals surface area contributed by atoms with Crippen LogP contribution < -0.4 is 16.0 Å². The van der Waals surface area contributed by atoms with Gasteiger partial charge in [0.1, 0.15) is 17.1 Å². The molecule has 1 amide bonds. The molecule has 0 bridgehead atoms. The zero-order chi connectivity index (χ0) is 26.5. The zero-order valence-corrected chi connectivity index (χ0v) is 20.1. The van der Waals surface area contributed by atoms with Crippen molar-refractivity contribution < 1.29 is 33.4 Å². The van der Waals surface area contributed by atoms with Gasteiger partial charge in [-0.1, -0.05) is 12.7 Å². The van der Waals surface area contributed by atoms with E-state index in [1.807, 2.05) is 0 Å². The second-order valence-corrected chi connectivity index (χ2v) is 9.70. The number of carbonyl (C=O) groups is 3. The number of hydrogen-bond acceptors (Lipinski definition) is 7. The van der Waals surface area contributed by atoms with Crippen molar-refractivity contribution in [2.45, 2.75) is 32.2 Å². The van der Waals surface area contributed by atoms with Crippen LogP contribution in [0, 0.1) is 17.8 Å². The quantitative estimate of drug-likeness (QED) is 0.422. The third-order valence-corrected chi connectivity index (χ3v) is 7.33. The van der Waals surface area contributed by atoms with E-state index >= 15 is 0 Å². The third kappa shape index (κ3) is 4.09. The Hall–Kier alpha value is -3.53.